The molecule has 1 fully saturated rings. The Kier molecular flexibility index (Phi) is 6.00. The molecular formula is C21H25N3O2. The number of carbonyl (C=O) groups is 2. The first-order chi connectivity index (χ1) is 12.6. The molecule has 26 heavy (non-hydrogen) atoms. The third-order valence-electron chi connectivity index (χ3n) is 4.82. The van der Waals surface area contributed by atoms with Crippen LogP contribution < -0.4 is 10.6 Å². The van der Waals surface area contributed by atoms with Gasteiger partial charge in [-0.15, -0.1) is 0 Å². The summed E-state index contributed by atoms with van der Waals surface area (Å²) in [5.74, 6) is 0.0777. The molecule has 1 aliphatic carbocycles. The molecule has 1 aromatic carbocycles. The van der Waals surface area contributed by atoms with Crippen molar-refractivity contribution >= 4 is 23.2 Å². The maximum atomic E-state index is 12.4. The number of amides is 2. The minimum absolute atomic E-state index is 0.0543. The molecule has 5 heteroatoms. The van der Waals surface area contributed by atoms with Crippen LogP contribution in [0.15, 0.2) is 42.7 Å². The van der Waals surface area contributed by atoms with E-state index in [0.717, 1.165) is 36.8 Å². The summed E-state index contributed by atoms with van der Waals surface area (Å²) >= 11 is 0. The van der Waals surface area contributed by atoms with E-state index >= 15 is 0 Å². The van der Waals surface area contributed by atoms with Gasteiger partial charge >= 0.3 is 0 Å². The van der Waals surface area contributed by atoms with Crippen LogP contribution in [0.3, 0.4) is 0 Å². The molecule has 0 atom stereocenters. The molecule has 0 unspecified atom stereocenters. The molecule has 5 nitrogen and oxygen atoms in total. The van der Waals surface area contributed by atoms with Crippen molar-refractivity contribution in [1.82, 2.24) is 4.98 Å². The van der Waals surface area contributed by atoms with Gasteiger partial charge < -0.3 is 10.6 Å². The number of carbonyl (C=O) groups excluding carboxylic acids is 2. The van der Waals surface area contributed by atoms with E-state index in [1.165, 1.54) is 0 Å². The van der Waals surface area contributed by atoms with E-state index in [1.807, 2.05) is 37.3 Å². The van der Waals surface area contributed by atoms with E-state index < -0.39 is 0 Å². The minimum Gasteiger partial charge on any atom is -0.324 e. The molecule has 2 amide bonds. The maximum Gasteiger partial charge on any atom is 0.227 e. The van der Waals surface area contributed by atoms with Gasteiger partial charge in [-0.25, -0.2) is 0 Å². The molecule has 0 aliphatic heterocycles. The van der Waals surface area contributed by atoms with Crippen LogP contribution in [0.25, 0.3) is 0 Å². The largest absolute Gasteiger partial charge is 0.324 e. The molecular weight excluding hydrogens is 326 g/mol. The molecule has 0 radical (unpaired) electrons. The first kappa shape index (κ1) is 18.1. The summed E-state index contributed by atoms with van der Waals surface area (Å²) < 4.78 is 0. The van der Waals surface area contributed by atoms with Gasteiger partial charge in [0.15, 0.2) is 0 Å². The zero-order valence-electron chi connectivity index (χ0n) is 15.1. The summed E-state index contributed by atoms with van der Waals surface area (Å²) in [5, 5.41) is 5.95. The van der Waals surface area contributed by atoms with Crippen LogP contribution in [0.1, 0.15) is 43.2 Å². The highest BCUT2D eigenvalue weighted by molar-refractivity contribution is 6.00. The topological polar surface area (TPSA) is 71.1 Å². The number of nitrogens with zero attached hydrogens (tertiary/aromatic N) is 1. The zero-order valence-corrected chi connectivity index (χ0v) is 15.1. The van der Waals surface area contributed by atoms with Crippen LogP contribution in [0.5, 0.6) is 0 Å². The second kappa shape index (κ2) is 8.61. The third kappa shape index (κ3) is 4.91. The Labute approximate surface area is 154 Å². The highest BCUT2D eigenvalue weighted by atomic mass is 16.2. The molecule has 0 spiro atoms. The standard InChI is InChI=1S/C21H25N3O2/c1-15-6-8-18(24-21(26)17-4-2-3-5-17)19(14-15)23-20(25)9-7-16-10-12-22-13-11-16/h6,8,10-14,17H,2-5,7,9H2,1H3,(H,23,25)(H,24,26). The Hall–Kier alpha value is -2.69. The van der Waals surface area contributed by atoms with Gasteiger partial charge in [-0.1, -0.05) is 18.9 Å². The molecule has 136 valence electrons. The summed E-state index contributed by atoms with van der Waals surface area (Å²) in [6.07, 6.45) is 8.62. The zero-order chi connectivity index (χ0) is 18.4. The summed E-state index contributed by atoms with van der Waals surface area (Å²) in [6.45, 7) is 1.97. The van der Waals surface area contributed by atoms with Gasteiger partial charge in [-0.2, -0.15) is 0 Å². The van der Waals surface area contributed by atoms with Gasteiger partial charge in [0.05, 0.1) is 11.4 Å². The Balaban J connectivity index is 1.63. The average molecular weight is 351 g/mol. The van der Waals surface area contributed by atoms with E-state index in [2.05, 4.69) is 15.6 Å². The smallest absolute Gasteiger partial charge is 0.227 e. The van der Waals surface area contributed by atoms with E-state index in [0.29, 0.717) is 24.2 Å². The van der Waals surface area contributed by atoms with E-state index in [-0.39, 0.29) is 17.7 Å². The van der Waals surface area contributed by atoms with Gasteiger partial charge in [0, 0.05) is 24.7 Å². The summed E-state index contributed by atoms with van der Waals surface area (Å²) in [6, 6.07) is 9.52. The lowest BCUT2D eigenvalue weighted by atomic mass is 10.1. The molecule has 1 aliphatic rings. The predicted molar refractivity (Wildman–Crippen MR) is 103 cm³/mol. The number of nitrogens with one attached hydrogen (secondary N) is 2. The SMILES string of the molecule is Cc1ccc(NC(=O)C2CCCC2)c(NC(=O)CCc2ccncc2)c1. The van der Waals surface area contributed by atoms with Crippen molar-refractivity contribution in [3.8, 4) is 0 Å². The second-order valence-corrected chi connectivity index (χ2v) is 6.92. The van der Waals surface area contributed by atoms with Crippen molar-refractivity contribution in [2.75, 3.05) is 10.6 Å². The van der Waals surface area contributed by atoms with Gasteiger partial charge in [0.25, 0.3) is 0 Å². The van der Waals surface area contributed by atoms with Crippen molar-refractivity contribution in [2.45, 2.75) is 45.4 Å². The van der Waals surface area contributed by atoms with Gasteiger partial charge in [0.2, 0.25) is 11.8 Å². The van der Waals surface area contributed by atoms with Crippen LogP contribution in [0, 0.1) is 12.8 Å². The number of benzene rings is 1. The average Bonchev–Trinajstić information content (AvgIpc) is 3.18. The van der Waals surface area contributed by atoms with E-state index in [4.69, 9.17) is 0 Å². The number of hydrogen-bond acceptors (Lipinski definition) is 3. The molecule has 0 bridgehead atoms. The lowest BCUT2D eigenvalue weighted by Gasteiger charge is -2.15. The first-order valence-corrected chi connectivity index (χ1v) is 9.22. The third-order valence-corrected chi connectivity index (χ3v) is 4.82. The van der Waals surface area contributed by atoms with Crippen LogP contribution in [0.4, 0.5) is 11.4 Å². The number of pyridine rings is 1. The normalized spacial score (nSPS) is 14.2. The van der Waals surface area contributed by atoms with Crippen molar-refractivity contribution in [3.63, 3.8) is 0 Å². The van der Waals surface area contributed by atoms with Crippen LogP contribution in [-0.2, 0) is 16.0 Å². The fraction of sp³-hybridized carbons (Fsp3) is 0.381. The van der Waals surface area contributed by atoms with Crippen LogP contribution in [0.2, 0.25) is 0 Å². The Morgan fingerprint density at radius 3 is 2.50 bits per heavy atom. The lowest BCUT2D eigenvalue weighted by Crippen LogP contribution is -2.22. The molecule has 1 heterocycles. The molecule has 1 saturated carbocycles. The minimum atomic E-state index is -0.0659. The number of aromatic nitrogens is 1. The molecule has 2 N–H and O–H groups in total. The Bertz CT molecular complexity index is 768. The second-order valence-electron chi connectivity index (χ2n) is 6.92. The molecule has 3 rings (SSSR count). The fourth-order valence-electron chi connectivity index (χ4n) is 3.31. The number of rotatable bonds is 6. The molecule has 0 saturated heterocycles. The van der Waals surface area contributed by atoms with Crippen LogP contribution >= 0.6 is 0 Å². The fourth-order valence-corrected chi connectivity index (χ4v) is 3.31. The molecule has 2 aromatic rings. The van der Waals surface area contributed by atoms with E-state index in [1.54, 1.807) is 12.4 Å². The molecule has 1 aromatic heterocycles. The van der Waals surface area contributed by atoms with Crippen molar-refractivity contribution in [2.24, 2.45) is 5.92 Å². The van der Waals surface area contributed by atoms with E-state index in [9.17, 15) is 9.59 Å². The maximum absolute atomic E-state index is 12.4. The van der Waals surface area contributed by atoms with Gasteiger partial charge in [0.1, 0.15) is 0 Å². The van der Waals surface area contributed by atoms with Crippen molar-refractivity contribution in [1.29, 1.82) is 0 Å². The van der Waals surface area contributed by atoms with Gasteiger partial charge in [-0.3, -0.25) is 14.6 Å². The summed E-state index contributed by atoms with van der Waals surface area (Å²) in [5.41, 5.74) is 3.45. The van der Waals surface area contributed by atoms with Crippen molar-refractivity contribution < 1.29 is 9.59 Å². The monoisotopic (exact) mass is 351 g/mol. The highest BCUT2D eigenvalue weighted by Crippen LogP contribution is 2.29. The van der Waals surface area contributed by atoms with Crippen molar-refractivity contribution in [3.05, 3.63) is 53.9 Å². The van der Waals surface area contributed by atoms with Gasteiger partial charge in [-0.05, 0) is 61.6 Å². The highest BCUT2D eigenvalue weighted by Gasteiger charge is 2.23. The summed E-state index contributed by atoms with van der Waals surface area (Å²) in [4.78, 5) is 28.8. The van der Waals surface area contributed by atoms with Crippen LogP contribution in [-0.4, -0.2) is 16.8 Å². The first-order valence-electron chi connectivity index (χ1n) is 9.22. The Morgan fingerprint density at radius 2 is 1.77 bits per heavy atom. The predicted octanol–water partition coefficient (Wildman–Crippen LogP) is 4.09. The number of hydrogen-bond donors (Lipinski definition) is 2. The lowest BCUT2D eigenvalue weighted by molar-refractivity contribution is -0.119. The Morgan fingerprint density at radius 1 is 1.04 bits per heavy atom. The number of anilines is 2. The summed E-state index contributed by atoms with van der Waals surface area (Å²) in [7, 11) is 0. The number of aryl methyl sites for hydroxylation is 2. The quantitative estimate of drug-likeness (QED) is 0.823.